The van der Waals surface area contributed by atoms with E-state index in [1.807, 2.05) is 0 Å². The molecule has 0 radical (unpaired) electrons. The maximum absolute atomic E-state index is 11.8. The Morgan fingerprint density at radius 1 is 1.32 bits per heavy atom. The Kier molecular flexibility index (Phi) is 5.46. The molecule has 0 saturated carbocycles. The number of hydrogen-bond donors (Lipinski definition) is 0. The first kappa shape index (κ1) is 15.9. The third-order valence-electron chi connectivity index (χ3n) is 3.40. The van der Waals surface area contributed by atoms with Crippen LogP contribution in [-0.4, -0.2) is 23.0 Å². The van der Waals surface area contributed by atoms with Gasteiger partial charge in [0.25, 0.3) is 5.69 Å². The van der Waals surface area contributed by atoms with Crippen molar-refractivity contribution in [3.8, 4) is 0 Å². The lowest BCUT2D eigenvalue weighted by Gasteiger charge is -2.14. The lowest BCUT2D eigenvalue weighted by molar-refractivity contribution is -0.384. The second-order valence-corrected chi connectivity index (χ2v) is 5.15. The number of esters is 2. The van der Waals surface area contributed by atoms with Crippen LogP contribution in [0.4, 0.5) is 5.69 Å². The van der Waals surface area contributed by atoms with E-state index in [2.05, 4.69) is 0 Å². The smallest absolute Gasteiger partial charge is 0.309 e. The molecular weight excluding hydrogens is 290 g/mol. The van der Waals surface area contributed by atoms with Crippen molar-refractivity contribution in [3.63, 3.8) is 0 Å². The fourth-order valence-electron chi connectivity index (χ4n) is 2.21. The summed E-state index contributed by atoms with van der Waals surface area (Å²) in [6.07, 6.45) is 2.32. The second kappa shape index (κ2) is 7.53. The van der Waals surface area contributed by atoms with E-state index >= 15 is 0 Å². The molecule has 2 rings (SSSR count). The Bertz CT molecular complexity index is 554. The Morgan fingerprint density at radius 3 is 2.73 bits per heavy atom. The van der Waals surface area contributed by atoms with Crippen LogP contribution in [0.25, 0.3) is 0 Å². The number of nitrogens with zero attached hydrogens (tertiary/aromatic N) is 1. The molecule has 1 saturated heterocycles. The van der Waals surface area contributed by atoms with E-state index < -0.39 is 17.0 Å². The summed E-state index contributed by atoms with van der Waals surface area (Å²) in [6.45, 7) is 0.0392. The minimum atomic E-state index is -0.490. The number of carbonyl (C=O) groups is 2. The highest BCUT2D eigenvalue weighted by Crippen LogP contribution is 2.18. The van der Waals surface area contributed by atoms with Crippen molar-refractivity contribution in [2.45, 2.75) is 44.8 Å². The molecule has 1 aliphatic rings. The Balaban J connectivity index is 1.79. The van der Waals surface area contributed by atoms with Gasteiger partial charge in [-0.05, 0) is 37.0 Å². The van der Waals surface area contributed by atoms with Gasteiger partial charge >= 0.3 is 11.9 Å². The number of non-ortho nitro benzene ring substituents is 1. The maximum Gasteiger partial charge on any atom is 0.309 e. The third-order valence-corrected chi connectivity index (χ3v) is 3.40. The number of hydrogen-bond acceptors (Lipinski definition) is 6. The van der Waals surface area contributed by atoms with E-state index in [0.717, 1.165) is 12.8 Å². The fraction of sp³-hybridized carbons (Fsp3) is 0.467. The first-order valence-electron chi connectivity index (χ1n) is 7.13. The molecule has 0 aliphatic carbocycles. The summed E-state index contributed by atoms with van der Waals surface area (Å²) < 4.78 is 10.3. The standard InChI is InChI=1S/C15H17NO6/c17-14-4-2-1-3-13(22-14)9-15(18)21-10-11-5-7-12(8-6-11)16(19)20/h5-8,13H,1-4,9-10H2. The average molecular weight is 307 g/mol. The van der Waals surface area contributed by atoms with Gasteiger partial charge in [-0.2, -0.15) is 0 Å². The van der Waals surface area contributed by atoms with Crippen LogP contribution in [0.15, 0.2) is 24.3 Å². The monoisotopic (exact) mass is 307 g/mol. The molecule has 0 N–H and O–H groups in total. The van der Waals surface area contributed by atoms with E-state index in [0.29, 0.717) is 18.4 Å². The number of nitro groups is 1. The summed E-state index contributed by atoms with van der Waals surface area (Å²) in [5.74, 6) is -0.719. The summed E-state index contributed by atoms with van der Waals surface area (Å²) in [5, 5.41) is 10.5. The van der Waals surface area contributed by atoms with Crippen LogP contribution in [0.2, 0.25) is 0 Å². The fourth-order valence-corrected chi connectivity index (χ4v) is 2.21. The highest BCUT2D eigenvalue weighted by Gasteiger charge is 2.22. The Labute approximate surface area is 127 Å². The van der Waals surface area contributed by atoms with Crippen LogP contribution in [0, 0.1) is 10.1 Å². The number of benzene rings is 1. The summed E-state index contributed by atoms with van der Waals surface area (Å²) >= 11 is 0. The molecule has 1 aliphatic heterocycles. The van der Waals surface area contributed by atoms with Crippen molar-refractivity contribution < 1.29 is 24.0 Å². The second-order valence-electron chi connectivity index (χ2n) is 5.15. The molecule has 7 heteroatoms. The maximum atomic E-state index is 11.8. The number of ether oxygens (including phenoxy) is 2. The van der Waals surface area contributed by atoms with Crippen LogP contribution in [0.3, 0.4) is 0 Å². The molecule has 22 heavy (non-hydrogen) atoms. The predicted molar refractivity (Wildman–Crippen MR) is 75.9 cm³/mol. The number of carbonyl (C=O) groups excluding carboxylic acids is 2. The van der Waals surface area contributed by atoms with Crippen molar-refractivity contribution in [3.05, 3.63) is 39.9 Å². The summed E-state index contributed by atoms with van der Waals surface area (Å²) in [5.41, 5.74) is 0.650. The van der Waals surface area contributed by atoms with Crippen LogP contribution in [0.1, 0.15) is 37.7 Å². The summed E-state index contributed by atoms with van der Waals surface area (Å²) in [6, 6.07) is 5.79. The van der Waals surface area contributed by atoms with E-state index in [9.17, 15) is 19.7 Å². The third kappa shape index (κ3) is 4.83. The van der Waals surface area contributed by atoms with Crippen molar-refractivity contribution in [2.75, 3.05) is 0 Å². The molecule has 1 fully saturated rings. The lowest BCUT2D eigenvalue weighted by atomic mass is 10.1. The number of cyclic esters (lactones) is 1. The minimum absolute atomic E-state index is 0.0135. The zero-order valence-electron chi connectivity index (χ0n) is 12.0. The Hall–Kier alpha value is -2.44. The predicted octanol–water partition coefficient (Wildman–Crippen LogP) is 2.51. The average Bonchev–Trinajstić information content (AvgIpc) is 2.69. The molecular formula is C15H17NO6. The van der Waals surface area contributed by atoms with Crippen LogP contribution in [-0.2, 0) is 25.7 Å². The number of rotatable bonds is 5. The van der Waals surface area contributed by atoms with E-state index in [-0.39, 0.29) is 24.7 Å². The minimum Gasteiger partial charge on any atom is -0.462 e. The van der Waals surface area contributed by atoms with Gasteiger partial charge in [-0.1, -0.05) is 0 Å². The highest BCUT2D eigenvalue weighted by atomic mass is 16.6. The Morgan fingerprint density at radius 2 is 2.05 bits per heavy atom. The van der Waals surface area contributed by atoms with E-state index in [4.69, 9.17) is 9.47 Å². The first-order chi connectivity index (χ1) is 10.5. The van der Waals surface area contributed by atoms with Gasteiger partial charge in [-0.15, -0.1) is 0 Å². The van der Waals surface area contributed by atoms with Gasteiger partial charge in [0, 0.05) is 18.6 Å². The molecule has 0 bridgehead atoms. The SMILES string of the molecule is O=C(CC1CCCCC(=O)O1)OCc1ccc([N+](=O)[O-])cc1. The molecule has 0 aromatic heterocycles. The van der Waals surface area contributed by atoms with Gasteiger partial charge in [0.2, 0.25) is 0 Å². The number of nitro benzene ring substituents is 1. The molecule has 1 heterocycles. The molecule has 1 unspecified atom stereocenters. The zero-order valence-corrected chi connectivity index (χ0v) is 12.0. The van der Waals surface area contributed by atoms with Crippen LogP contribution >= 0.6 is 0 Å². The topological polar surface area (TPSA) is 95.7 Å². The van der Waals surface area contributed by atoms with Crippen LogP contribution < -0.4 is 0 Å². The van der Waals surface area contributed by atoms with Gasteiger partial charge in [-0.25, -0.2) is 0 Å². The highest BCUT2D eigenvalue weighted by molar-refractivity contribution is 5.72. The van der Waals surface area contributed by atoms with E-state index in [1.54, 1.807) is 0 Å². The van der Waals surface area contributed by atoms with Gasteiger partial charge in [0.1, 0.15) is 12.7 Å². The first-order valence-corrected chi connectivity index (χ1v) is 7.13. The van der Waals surface area contributed by atoms with Gasteiger partial charge in [0.15, 0.2) is 0 Å². The van der Waals surface area contributed by atoms with Crippen molar-refractivity contribution in [1.82, 2.24) is 0 Å². The van der Waals surface area contributed by atoms with Gasteiger partial charge in [0.05, 0.1) is 11.3 Å². The van der Waals surface area contributed by atoms with Gasteiger partial charge < -0.3 is 9.47 Å². The lowest BCUT2D eigenvalue weighted by Crippen LogP contribution is -2.20. The van der Waals surface area contributed by atoms with Crippen molar-refractivity contribution in [1.29, 1.82) is 0 Å². The molecule has 7 nitrogen and oxygen atoms in total. The van der Waals surface area contributed by atoms with E-state index in [1.165, 1.54) is 24.3 Å². The summed E-state index contributed by atoms with van der Waals surface area (Å²) in [7, 11) is 0. The molecule has 0 spiro atoms. The van der Waals surface area contributed by atoms with Gasteiger partial charge in [-0.3, -0.25) is 19.7 Å². The van der Waals surface area contributed by atoms with Crippen LogP contribution in [0.5, 0.6) is 0 Å². The molecule has 1 aromatic carbocycles. The molecule has 1 atom stereocenters. The molecule has 0 amide bonds. The largest absolute Gasteiger partial charge is 0.462 e. The van der Waals surface area contributed by atoms with Crippen molar-refractivity contribution >= 4 is 17.6 Å². The quantitative estimate of drug-likeness (QED) is 0.471. The summed E-state index contributed by atoms with van der Waals surface area (Å²) in [4.78, 5) is 33.1. The molecule has 1 aromatic rings. The van der Waals surface area contributed by atoms with Crippen molar-refractivity contribution in [2.24, 2.45) is 0 Å². The normalized spacial score (nSPS) is 18.2. The zero-order chi connectivity index (χ0) is 15.9. The molecule has 118 valence electrons.